The van der Waals surface area contributed by atoms with E-state index in [0.717, 1.165) is 29.4 Å². The van der Waals surface area contributed by atoms with Crippen LogP contribution in [0.25, 0.3) is 55.7 Å². The van der Waals surface area contributed by atoms with Crippen molar-refractivity contribution in [2.24, 2.45) is 5.92 Å². The third-order valence-electron chi connectivity index (χ3n) is 9.06. The van der Waals surface area contributed by atoms with Gasteiger partial charge in [0.15, 0.2) is 0 Å². The average molecular weight is 574 g/mol. The highest BCUT2D eigenvalue weighted by Crippen LogP contribution is 2.35. The summed E-state index contributed by atoms with van der Waals surface area (Å²) in [7, 11) is 0. The van der Waals surface area contributed by atoms with E-state index in [2.05, 4.69) is 151 Å². The van der Waals surface area contributed by atoms with Gasteiger partial charge in [-0.15, -0.1) is 0 Å². The van der Waals surface area contributed by atoms with Gasteiger partial charge in [-0.25, -0.2) is 4.98 Å². The lowest BCUT2D eigenvalue weighted by molar-refractivity contribution is 0.449. The third-order valence-corrected chi connectivity index (χ3v) is 9.06. The van der Waals surface area contributed by atoms with Gasteiger partial charge in [-0.2, -0.15) is 0 Å². The fourth-order valence-electron chi connectivity index (χ4n) is 6.66. The quantitative estimate of drug-likeness (QED) is 0.160. The average Bonchev–Trinajstić information content (AvgIpc) is 3.70. The second-order valence-electron chi connectivity index (χ2n) is 11.9. The number of para-hydroxylation sites is 2. The number of imidazole rings is 1. The van der Waals surface area contributed by atoms with E-state index in [1.807, 2.05) is 6.20 Å². The second-order valence-corrected chi connectivity index (χ2v) is 11.9. The molecule has 0 saturated carbocycles. The van der Waals surface area contributed by atoms with E-state index in [0.29, 0.717) is 0 Å². The first-order valence-corrected chi connectivity index (χ1v) is 16.1. The van der Waals surface area contributed by atoms with Crippen molar-refractivity contribution >= 4 is 21.8 Å². The lowest BCUT2D eigenvalue weighted by atomic mass is 9.91. The highest BCUT2D eigenvalue weighted by molar-refractivity contribution is 6.10. The van der Waals surface area contributed by atoms with Crippen LogP contribution in [0.3, 0.4) is 0 Å². The van der Waals surface area contributed by atoms with Gasteiger partial charge in [-0.3, -0.25) is 4.57 Å². The first-order valence-electron chi connectivity index (χ1n) is 16.1. The molecule has 5 aromatic carbocycles. The minimum atomic E-state index is 0.765. The van der Waals surface area contributed by atoms with Crippen LogP contribution >= 0.6 is 0 Å². The predicted molar refractivity (Wildman–Crippen MR) is 186 cm³/mol. The highest BCUT2D eigenvalue weighted by Gasteiger charge is 2.15. The molecule has 0 aliphatic rings. The number of benzene rings is 5. The van der Waals surface area contributed by atoms with Crippen LogP contribution < -0.4 is 0 Å². The molecule has 0 saturated heterocycles. The van der Waals surface area contributed by atoms with Crippen molar-refractivity contribution in [3.8, 4) is 33.9 Å². The van der Waals surface area contributed by atoms with Gasteiger partial charge in [0.2, 0.25) is 0 Å². The topological polar surface area (TPSA) is 22.8 Å². The Morgan fingerprint density at radius 1 is 0.636 bits per heavy atom. The standard InChI is InChI=1S/C41H39N3/c1-3-5-12-30(4-2)27-31-13-11-14-33(28-31)32-19-22-35(23-20-32)43-26-25-42-41(43)34-21-24-40-38(29-34)37-17-9-10-18-39(37)44(40)36-15-7-6-8-16-36/h6-11,13-26,28-30H,3-5,12,27H2,1-2H3. The summed E-state index contributed by atoms with van der Waals surface area (Å²) in [6.07, 6.45) is 10.3. The largest absolute Gasteiger partial charge is 0.309 e. The van der Waals surface area contributed by atoms with Gasteiger partial charge in [0.1, 0.15) is 5.82 Å². The fourth-order valence-corrected chi connectivity index (χ4v) is 6.66. The Morgan fingerprint density at radius 3 is 2.23 bits per heavy atom. The van der Waals surface area contributed by atoms with E-state index in [9.17, 15) is 0 Å². The molecule has 0 aliphatic carbocycles. The van der Waals surface area contributed by atoms with E-state index in [-0.39, 0.29) is 0 Å². The molecular weight excluding hydrogens is 534 g/mol. The number of nitrogens with zero attached hydrogens (tertiary/aromatic N) is 3. The summed E-state index contributed by atoms with van der Waals surface area (Å²) in [4.78, 5) is 4.82. The molecule has 0 fully saturated rings. The van der Waals surface area contributed by atoms with Crippen molar-refractivity contribution in [2.75, 3.05) is 0 Å². The van der Waals surface area contributed by atoms with Crippen LogP contribution in [0, 0.1) is 5.92 Å². The molecule has 218 valence electrons. The number of hydrogen-bond donors (Lipinski definition) is 0. The second kappa shape index (κ2) is 12.4. The Hall–Kier alpha value is -4.89. The maximum absolute atomic E-state index is 4.82. The molecule has 0 N–H and O–H groups in total. The van der Waals surface area contributed by atoms with Gasteiger partial charge < -0.3 is 4.57 Å². The molecule has 0 bridgehead atoms. The van der Waals surface area contributed by atoms with Gasteiger partial charge in [0.25, 0.3) is 0 Å². The first-order chi connectivity index (χ1) is 21.7. The number of aromatic nitrogens is 3. The molecule has 0 amide bonds. The Morgan fingerprint density at radius 2 is 1.41 bits per heavy atom. The Labute approximate surface area is 260 Å². The van der Waals surface area contributed by atoms with Crippen LogP contribution in [0.5, 0.6) is 0 Å². The zero-order chi connectivity index (χ0) is 29.9. The summed E-state index contributed by atoms with van der Waals surface area (Å²) in [6, 6.07) is 44.0. The summed E-state index contributed by atoms with van der Waals surface area (Å²) in [6.45, 7) is 4.61. The molecule has 1 atom stereocenters. The summed E-state index contributed by atoms with van der Waals surface area (Å²) >= 11 is 0. The van der Waals surface area contributed by atoms with Gasteiger partial charge in [0, 0.05) is 40.1 Å². The van der Waals surface area contributed by atoms with Crippen LogP contribution in [-0.2, 0) is 6.42 Å². The van der Waals surface area contributed by atoms with Crippen molar-refractivity contribution < 1.29 is 0 Å². The maximum Gasteiger partial charge on any atom is 0.144 e. The molecule has 0 spiro atoms. The SMILES string of the molecule is CCCCC(CC)Cc1cccc(-c2ccc(-n3ccnc3-c3ccc4c(c3)c3ccccc3n4-c3ccccc3)cc2)c1. The van der Waals surface area contributed by atoms with E-state index in [1.165, 1.54) is 69.9 Å². The lowest BCUT2D eigenvalue weighted by Crippen LogP contribution is -2.03. The monoisotopic (exact) mass is 573 g/mol. The smallest absolute Gasteiger partial charge is 0.144 e. The van der Waals surface area contributed by atoms with Gasteiger partial charge in [0.05, 0.1) is 11.0 Å². The Kier molecular flexibility index (Phi) is 7.85. The normalized spacial score (nSPS) is 12.2. The first kappa shape index (κ1) is 27.9. The maximum atomic E-state index is 4.82. The van der Waals surface area contributed by atoms with Crippen molar-refractivity contribution in [2.45, 2.75) is 46.0 Å². The van der Waals surface area contributed by atoms with E-state index < -0.39 is 0 Å². The summed E-state index contributed by atoms with van der Waals surface area (Å²) in [5, 5.41) is 2.47. The molecular formula is C41H39N3. The molecule has 0 radical (unpaired) electrons. The van der Waals surface area contributed by atoms with Crippen molar-refractivity contribution in [1.29, 1.82) is 0 Å². The Balaban J connectivity index is 1.20. The molecule has 44 heavy (non-hydrogen) atoms. The number of fused-ring (bicyclic) bond motifs is 3. The molecule has 2 aromatic heterocycles. The predicted octanol–water partition coefficient (Wildman–Crippen LogP) is 11.1. The number of hydrogen-bond acceptors (Lipinski definition) is 1. The molecule has 7 aromatic rings. The Bertz CT molecular complexity index is 2010. The minimum Gasteiger partial charge on any atom is -0.309 e. The van der Waals surface area contributed by atoms with Gasteiger partial charge >= 0.3 is 0 Å². The molecule has 0 aliphatic heterocycles. The van der Waals surface area contributed by atoms with E-state index >= 15 is 0 Å². The summed E-state index contributed by atoms with van der Waals surface area (Å²) < 4.78 is 4.54. The number of rotatable bonds is 10. The summed E-state index contributed by atoms with van der Waals surface area (Å²) in [5.74, 6) is 1.71. The molecule has 7 rings (SSSR count). The molecule has 1 unspecified atom stereocenters. The lowest BCUT2D eigenvalue weighted by Gasteiger charge is -2.15. The molecule has 3 heteroatoms. The van der Waals surface area contributed by atoms with Crippen LogP contribution in [0.4, 0.5) is 0 Å². The van der Waals surface area contributed by atoms with Crippen LogP contribution in [0.1, 0.15) is 45.1 Å². The van der Waals surface area contributed by atoms with Crippen LogP contribution in [0.15, 0.2) is 134 Å². The number of unbranched alkanes of at least 4 members (excludes halogenated alkanes) is 1. The van der Waals surface area contributed by atoms with Crippen molar-refractivity contribution in [3.63, 3.8) is 0 Å². The minimum absolute atomic E-state index is 0.765. The van der Waals surface area contributed by atoms with Gasteiger partial charge in [-0.05, 0) is 77.6 Å². The van der Waals surface area contributed by atoms with Crippen LogP contribution in [0.2, 0.25) is 0 Å². The highest BCUT2D eigenvalue weighted by atomic mass is 15.1. The third kappa shape index (κ3) is 5.35. The van der Waals surface area contributed by atoms with Crippen LogP contribution in [-0.4, -0.2) is 14.1 Å². The van der Waals surface area contributed by atoms with E-state index in [1.54, 1.807) is 0 Å². The zero-order valence-electron chi connectivity index (χ0n) is 25.7. The molecule has 2 heterocycles. The van der Waals surface area contributed by atoms with Crippen molar-refractivity contribution in [1.82, 2.24) is 14.1 Å². The molecule has 3 nitrogen and oxygen atoms in total. The van der Waals surface area contributed by atoms with Crippen molar-refractivity contribution in [3.05, 3.63) is 139 Å². The summed E-state index contributed by atoms with van der Waals surface area (Å²) in [5.41, 5.74) is 9.75. The zero-order valence-corrected chi connectivity index (χ0v) is 25.7. The van der Waals surface area contributed by atoms with E-state index in [4.69, 9.17) is 4.98 Å². The fraction of sp³-hybridized carbons (Fsp3) is 0.195. The van der Waals surface area contributed by atoms with Gasteiger partial charge in [-0.1, -0.05) is 112 Å².